The van der Waals surface area contributed by atoms with Crippen molar-refractivity contribution < 1.29 is 18.0 Å². The quantitative estimate of drug-likeness (QED) is 0.704. The van der Waals surface area contributed by atoms with Crippen LogP contribution in [0.1, 0.15) is 5.56 Å². The summed E-state index contributed by atoms with van der Waals surface area (Å²) in [7, 11) is 0. The first-order chi connectivity index (χ1) is 13.4. The minimum atomic E-state index is -4.45. The van der Waals surface area contributed by atoms with Crippen LogP contribution in [0.4, 0.5) is 29.5 Å². The van der Waals surface area contributed by atoms with Gasteiger partial charge in [-0.15, -0.1) is 0 Å². The van der Waals surface area contributed by atoms with E-state index in [0.29, 0.717) is 26.2 Å². The number of aromatic amines is 1. The molecule has 10 heteroatoms. The highest BCUT2D eigenvalue weighted by atomic mass is 19.4. The zero-order valence-electron chi connectivity index (χ0n) is 14.7. The molecule has 1 fully saturated rings. The van der Waals surface area contributed by atoms with E-state index >= 15 is 0 Å². The number of benzene rings is 1. The van der Waals surface area contributed by atoms with E-state index in [1.54, 1.807) is 11.1 Å². The molecular weight excluding hydrogens is 373 g/mol. The second-order valence-electron chi connectivity index (χ2n) is 6.42. The first kappa shape index (κ1) is 18.1. The number of hydrogen-bond acceptors (Lipinski definition) is 4. The topological polar surface area (TPSA) is 77.2 Å². The molecule has 0 aliphatic carbocycles. The lowest BCUT2D eigenvalue weighted by atomic mass is 10.2. The van der Waals surface area contributed by atoms with Crippen LogP contribution in [0.2, 0.25) is 0 Å². The number of nitrogens with zero attached hydrogens (tertiary/aromatic N) is 4. The van der Waals surface area contributed by atoms with Gasteiger partial charge < -0.3 is 20.1 Å². The summed E-state index contributed by atoms with van der Waals surface area (Å²) in [6, 6.07) is 6.08. The molecule has 0 spiro atoms. The first-order valence-corrected chi connectivity index (χ1v) is 8.68. The number of carbonyl (C=O) groups is 1. The number of aromatic nitrogens is 3. The molecule has 2 N–H and O–H groups in total. The maximum absolute atomic E-state index is 12.8. The highest BCUT2D eigenvalue weighted by Crippen LogP contribution is 2.30. The van der Waals surface area contributed by atoms with Crippen LogP contribution in [0.3, 0.4) is 0 Å². The van der Waals surface area contributed by atoms with Crippen LogP contribution >= 0.6 is 0 Å². The molecule has 0 unspecified atom stereocenters. The summed E-state index contributed by atoms with van der Waals surface area (Å²) in [5.74, 6) is 0.796. The van der Waals surface area contributed by atoms with Gasteiger partial charge in [-0.3, -0.25) is 0 Å². The van der Waals surface area contributed by atoms with Gasteiger partial charge in [0.15, 0.2) is 0 Å². The number of amides is 2. The number of alkyl halides is 3. The van der Waals surface area contributed by atoms with Crippen LogP contribution in [0.5, 0.6) is 0 Å². The third-order valence-corrected chi connectivity index (χ3v) is 4.64. The van der Waals surface area contributed by atoms with E-state index in [0.717, 1.165) is 29.0 Å². The second kappa shape index (κ2) is 7.02. The summed E-state index contributed by atoms with van der Waals surface area (Å²) < 4.78 is 38.4. The fraction of sp³-hybridized carbons (Fsp3) is 0.278. The van der Waals surface area contributed by atoms with Crippen molar-refractivity contribution in [3.05, 3.63) is 48.4 Å². The lowest BCUT2D eigenvalue weighted by Gasteiger charge is -2.35. The van der Waals surface area contributed by atoms with E-state index in [-0.39, 0.29) is 5.69 Å². The summed E-state index contributed by atoms with van der Waals surface area (Å²) in [6.07, 6.45) is -1.17. The molecule has 0 atom stereocenters. The number of urea groups is 1. The van der Waals surface area contributed by atoms with Gasteiger partial charge in [-0.05, 0) is 24.3 Å². The van der Waals surface area contributed by atoms with Crippen LogP contribution in [-0.4, -0.2) is 52.1 Å². The van der Waals surface area contributed by atoms with Crippen LogP contribution < -0.4 is 10.2 Å². The number of hydrogen-bond donors (Lipinski definition) is 2. The van der Waals surface area contributed by atoms with Crippen molar-refractivity contribution in [3.8, 4) is 0 Å². The van der Waals surface area contributed by atoms with Gasteiger partial charge in [0, 0.05) is 38.1 Å². The van der Waals surface area contributed by atoms with Crippen molar-refractivity contribution in [3.63, 3.8) is 0 Å². The number of fused-ring (bicyclic) bond motifs is 1. The smallest absolute Gasteiger partial charge is 0.352 e. The number of carbonyl (C=O) groups excluding carboxylic acids is 1. The molecule has 0 radical (unpaired) electrons. The highest BCUT2D eigenvalue weighted by molar-refractivity contribution is 5.90. The molecule has 3 aromatic rings. The van der Waals surface area contributed by atoms with Crippen molar-refractivity contribution in [2.24, 2.45) is 0 Å². The lowest BCUT2D eigenvalue weighted by Crippen LogP contribution is -2.50. The van der Waals surface area contributed by atoms with Crippen LogP contribution in [0.25, 0.3) is 11.0 Å². The molecule has 1 aliphatic heterocycles. The zero-order chi connectivity index (χ0) is 19.7. The summed E-state index contributed by atoms with van der Waals surface area (Å²) in [6.45, 7) is 1.99. The minimum Gasteiger partial charge on any atom is -0.352 e. The molecule has 0 bridgehead atoms. The molecule has 2 aromatic heterocycles. The Kier molecular flexibility index (Phi) is 4.54. The number of anilines is 2. The Morgan fingerprint density at radius 2 is 1.89 bits per heavy atom. The molecule has 3 heterocycles. The number of halogens is 3. The van der Waals surface area contributed by atoms with Crippen LogP contribution in [-0.2, 0) is 6.18 Å². The standard InChI is InChI=1S/C18H17F3N6O/c19-18(20,21)12-2-1-3-13(10-12)25-17(28)27-8-6-26(7-9-27)16-14-4-5-22-15(14)23-11-24-16/h1-5,10-11H,6-9H2,(H,25,28)(H,22,23,24). The Labute approximate surface area is 158 Å². The summed E-state index contributed by atoms with van der Waals surface area (Å²) in [4.78, 5) is 27.6. The normalized spacial score (nSPS) is 15.1. The van der Waals surface area contributed by atoms with E-state index in [2.05, 4.69) is 25.2 Å². The van der Waals surface area contributed by atoms with E-state index < -0.39 is 17.8 Å². The fourth-order valence-corrected chi connectivity index (χ4v) is 3.21. The SMILES string of the molecule is O=C(Nc1cccc(C(F)(F)F)c1)N1CCN(c2ncnc3[nH]ccc23)CC1. The summed E-state index contributed by atoms with van der Waals surface area (Å²) >= 11 is 0. The van der Waals surface area contributed by atoms with E-state index in [1.165, 1.54) is 18.5 Å². The number of rotatable bonds is 2. The van der Waals surface area contributed by atoms with Gasteiger partial charge in [0.1, 0.15) is 17.8 Å². The first-order valence-electron chi connectivity index (χ1n) is 8.68. The molecule has 0 saturated carbocycles. The molecule has 4 rings (SSSR count). The molecule has 1 saturated heterocycles. The zero-order valence-corrected chi connectivity index (χ0v) is 14.7. The third-order valence-electron chi connectivity index (χ3n) is 4.64. The predicted molar refractivity (Wildman–Crippen MR) is 98.1 cm³/mol. The van der Waals surface area contributed by atoms with Gasteiger partial charge in [0.05, 0.1) is 10.9 Å². The molecule has 1 aromatic carbocycles. The average molecular weight is 390 g/mol. The maximum Gasteiger partial charge on any atom is 0.416 e. The highest BCUT2D eigenvalue weighted by Gasteiger charge is 2.31. The number of H-pyrrole nitrogens is 1. The van der Waals surface area contributed by atoms with Gasteiger partial charge in [-0.2, -0.15) is 13.2 Å². The van der Waals surface area contributed by atoms with Gasteiger partial charge in [0.25, 0.3) is 0 Å². The van der Waals surface area contributed by atoms with Crippen LogP contribution in [0.15, 0.2) is 42.9 Å². The monoisotopic (exact) mass is 390 g/mol. The number of nitrogens with one attached hydrogen (secondary N) is 2. The van der Waals surface area contributed by atoms with Crippen LogP contribution in [0, 0.1) is 0 Å². The Bertz CT molecular complexity index is 994. The maximum atomic E-state index is 12.8. The van der Waals surface area contributed by atoms with Crippen molar-refractivity contribution in [1.82, 2.24) is 19.9 Å². The summed E-state index contributed by atoms with van der Waals surface area (Å²) in [5, 5.41) is 3.45. The van der Waals surface area contributed by atoms with Crippen molar-refractivity contribution >= 4 is 28.6 Å². The molecular formula is C18H17F3N6O. The number of piperazine rings is 1. The predicted octanol–water partition coefficient (Wildman–Crippen LogP) is 3.33. The van der Waals surface area contributed by atoms with E-state index in [4.69, 9.17) is 0 Å². The molecule has 2 amide bonds. The molecule has 1 aliphatic rings. The average Bonchev–Trinajstić information content (AvgIpc) is 3.16. The molecule has 28 heavy (non-hydrogen) atoms. The lowest BCUT2D eigenvalue weighted by molar-refractivity contribution is -0.137. The van der Waals surface area contributed by atoms with Gasteiger partial charge in [-0.1, -0.05) is 6.07 Å². The molecule has 7 nitrogen and oxygen atoms in total. The van der Waals surface area contributed by atoms with Gasteiger partial charge in [-0.25, -0.2) is 14.8 Å². The van der Waals surface area contributed by atoms with Crippen molar-refractivity contribution in [2.75, 3.05) is 36.4 Å². The van der Waals surface area contributed by atoms with Crippen molar-refractivity contribution in [2.45, 2.75) is 6.18 Å². The van der Waals surface area contributed by atoms with Crippen molar-refractivity contribution in [1.29, 1.82) is 0 Å². The Balaban J connectivity index is 1.40. The largest absolute Gasteiger partial charge is 0.416 e. The molecule has 146 valence electrons. The Hall–Kier alpha value is -3.30. The second-order valence-corrected chi connectivity index (χ2v) is 6.42. The Morgan fingerprint density at radius 1 is 1.11 bits per heavy atom. The van der Waals surface area contributed by atoms with Gasteiger partial charge >= 0.3 is 12.2 Å². The minimum absolute atomic E-state index is 0.118. The Morgan fingerprint density at radius 3 is 2.64 bits per heavy atom. The van der Waals surface area contributed by atoms with E-state index in [1.807, 2.05) is 6.07 Å². The third kappa shape index (κ3) is 3.57. The summed E-state index contributed by atoms with van der Waals surface area (Å²) in [5.41, 5.74) is 0.0659. The van der Waals surface area contributed by atoms with E-state index in [9.17, 15) is 18.0 Å². The van der Waals surface area contributed by atoms with Gasteiger partial charge in [0.2, 0.25) is 0 Å². The fourth-order valence-electron chi connectivity index (χ4n) is 3.21.